The number of benzene rings is 1. The number of hydrogen-bond acceptors (Lipinski definition) is 5. The minimum Gasteiger partial charge on any atom is -0.342 e. The Hall–Kier alpha value is -2.77. The highest BCUT2D eigenvalue weighted by molar-refractivity contribution is 5.89. The number of hydrogen-bond donors (Lipinski definition) is 0. The number of amides is 2. The molecule has 3 fully saturated rings. The van der Waals surface area contributed by atoms with Gasteiger partial charge in [0, 0.05) is 43.6 Å². The molecule has 1 aromatic carbocycles. The molecule has 3 heterocycles. The van der Waals surface area contributed by atoms with Gasteiger partial charge in [0.25, 0.3) is 0 Å². The summed E-state index contributed by atoms with van der Waals surface area (Å²) in [5, 5.41) is 4.03. The zero-order valence-electron chi connectivity index (χ0n) is 17.5. The molecule has 0 bridgehead atoms. The average Bonchev–Trinajstić information content (AvgIpc) is 3.55. The molecule has 5 rings (SSSR count). The van der Waals surface area contributed by atoms with Crippen molar-refractivity contribution in [1.82, 2.24) is 19.9 Å². The van der Waals surface area contributed by atoms with Crippen LogP contribution in [-0.2, 0) is 9.59 Å². The van der Waals surface area contributed by atoms with Gasteiger partial charge >= 0.3 is 0 Å². The molecular weight excluding hydrogens is 399 g/mol. The Labute approximate surface area is 180 Å². The maximum atomic E-state index is 13.1. The van der Waals surface area contributed by atoms with Crippen LogP contribution in [0.3, 0.4) is 0 Å². The van der Waals surface area contributed by atoms with Gasteiger partial charge in [-0.15, -0.1) is 0 Å². The van der Waals surface area contributed by atoms with E-state index >= 15 is 0 Å². The van der Waals surface area contributed by atoms with E-state index in [0.29, 0.717) is 49.4 Å². The summed E-state index contributed by atoms with van der Waals surface area (Å²) in [4.78, 5) is 33.8. The lowest BCUT2D eigenvalue weighted by molar-refractivity contribution is -0.137. The molecule has 164 valence electrons. The fraction of sp³-hybridized carbons (Fsp3) is 0.565. The number of likely N-dealkylation sites (tertiary alicyclic amines) is 2. The van der Waals surface area contributed by atoms with Crippen LogP contribution in [0.5, 0.6) is 0 Å². The number of piperidine rings is 1. The van der Waals surface area contributed by atoms with Crippen molar-refractivity contribution in [2.45, 2.75) is 56.9 Å². The van der Waals surface area contributed by atoms with Crippen molar-refractivity contribution >= 4 is 11.8 Å². The summed E-state index contributed by atoms with van der Waals surface area (Å²) < 4.78 is 18.6. The van der Waals surface area contributed by atoms with Gasteiger partial charge in [-0.25, -0.2) is 4.39 Å². The summed E-state index contributed by atoms with van der Waals surface area (Å²) >= 11 is 0. The van der Waals surface area contributed by atoms with Crippen LogP contribution in [0.2, 0.25) is 0 Å². The first-order chi connectivity index (χ1) is 15.1. The molecule has 2 saturated heterocycles. The maximum Gasteiger partial charge on any atom is 0.230 e. The third-order valence-corrected chi connectivity index (χ3v) is 6.97. The summed E-state index contributed by atoms with van der Waals surface area (Å²) in [6.45, 7) is 1.84. The molecule has 8 heteroatoms. The first-order valence-electron chi connectivity index (χ1n) is 11.3. The standard InChI is InChI=1S/C23H27FN4O3/c24-18-7-5-15(6-8-18)21-25-22(31-26-21)16-9-11-27(12-10-16)23(30)17-13-20(29)28(14-17)19-3-1-2-4-19/h5-8,16-17,19H,1-4,9-14H2/t17-/m0/s1. The van der Waals surface area contributed by atoms with Gasteiger partial charge in [0.1, 0.15) is 5.82 Å². The van der Waals surface area contributed by atoms with E-state index in [0.717, 1.165) is 25.7 Å². The molecule has 3 aliphatic rings. The predicted octanol–water partition coefficient (Wildman–Crippen LogP) is 3.37. The van der Waals surface area contributed by atoms with E-state index in [1.165, 1.54) is 25.0 Å². The van der Waals surface area contributed by atoms with Gasteiger partial charge in [-0.2, -0.15) is 4.98 Å². The molecule has 1 saturated carbocycles. The average molecular weight is 426 g/mol. The fourth-order valence-electron chi connectivity index (χ4n) is 5.19. The molecule has 0 spiro atoms. The van der Waals surface area contributed by atoms with Crippen molar-refractivity contribution in [1.29, 1.82) is 0 Å². The van der Waals surface area contributed by atoms with Crippen molar-refractivity contribution < 1.29 is 18.5 Å². The molecule has 1 atom stereocenters. The molecular formula is C23H27FN4O3. The number of rotatable bonds is 4. The quantitative estimate of drug-likeness (QED) is 0.749. The Morgan fingerprint density at radius 2 is 1.77 bits per heavy atom. The first-order valence-corrected chi connectivity index (χ1v) is 11.3. The van der Waals surface area contributed by atoms with Gasteiger partial charge in [-0.1, -0.05) is 18.0 Å². The minimum atomic E-state index is -0.306. The number of carbonyl (C=O) groups is 2. The monoisotopic (exact) mass is 426 g/mol. The summed E-state index contributed by atoms with van der Waals surface area (Å²) in [6.07, 6.45) is 6.36. The second kappa shape index (κ2) is 8.40. The van der Waals surface area contributed by atoms with E-state index in [1.54, 1.807) is 12.1 Å². The van der Waals surface area contributed by atoms with Gasteiger partial charge in [0.05, 0.1) is 5.92 Å². The molecule has 2 aliphatic heterocycles. The molecule has 1 aromatic heterocycles. The van der Waals surface area contributed by atoms with Crippen molar-refractivity contribution in [3.63, 3.8) is 0 Å². The lowest BCUT2D eigenvalue weighted by Gasteiger charge is -2.32. The lowest BCUT2D eigenvalue weighted by atomic mass is 9.95. The van der Waals surface area contributed by atoms with Gasteiger partial charge in [0.2, 0.25) is 23.5 Å². The van der Waals surface area contributed by atoms with Crippen LogP contribution in [0.1, 0.15) is 56.8 Å². The van der Waals surface area contributed by atoms with Crippen LogP contribution in [0, 0.1) is 11.7 Å². The van der Waals surface area contributed by atoms with Gasteiger partial charge in [0.15, 0.2) is 0 Å². The van der Waals surface area contributed by atoms with Crippen molar-refractivity contribution in [2.75, 3.05) is 19.6 Å². The van der Waals surface area contributed by atoms with E-state index in [4.69, 9.17) is 4.52 Å². The molecule has 0 radical (unpaired) electrons. The van der Waals surface area contributed by atoms with Crippen LogP contribution in [0.4, 0.5) is 4.39 Å². The first kappa shape index (κ1) is 20.2. The van der Waals surface area contributed by atoms with Crippen molar-refractivity contribution in [2.24, 2.45) is 5.92 Å². The number of aromatic nitrogens is 2. The van der Waals surface area contributed by atoms with E-state index in [1.807, 2.05) is 9.80 Å². The van der Waals surface area contributed by atoms with E-state index in [9.17, 15) is 14.0 Å². The maximum absolute atomic E-state index is 13.1. The van der Waals surface area contributed by atoms with Crippen LogP contribution < -0.4 is 0 Å². The molecule has 0 N–H and O–H groups in total. The van der Waals surface area contributed by atoms with Crippen LogP contribution in [-0.4, -0.2) is 57.4 Å². The Kier molecular flexibility index (Phi) is 5.46. The predicted molar refractivity (Wildman–Crippen MR) is 110 cm³/mol. The number of halogens is 1. The highest BCUT2D eigenvalue weighted by Crippen LogP contribution is 2.33. The van der Waals surface area contributed by atoms with Gasteiger partial charge in [-0.05, 0) is 49.9 Å². The smallest absolute Gasteiger partial charge is 0.230 e. The van der Waals surface area contributed by atoms with Crippen LogP contribution in [0.25, 0.3) is 11.4 Å². The minimum absolute atomic E-state index is 0.102. The number of carbonyl (C=O) groups excluding carboxylic acids is 2. The third-order valence-electron chi connectivity index (χ3n) is 6.97. The molecule has 7 nitrogen and oxygen atoms in total. The topological polar surface area (TPSA) is 79.5 Å². The summed E-state index contributed by atoms with van der Waals surface area (Å²) in [6, 6.07) is 6.34. The normalized spacial score (nSPS) is 23.1. The van der Waals surface area contributed by atoms with Crippen molar-refractivity contribution in [3.8, 4) is 11.4 Å². The Morgan fingerprint density at radius 1 is 1.06 bits per heavy atom. The van der Waals surface area contributed by atoms with Crippen LogP contribution >= 0.6 is 0 Å². The summed E-state index contributed by atoms with van der Waals surface area (Å²) in [5.74, 6) is 0.841. The molecule has 2 aromatic rings. The van der Waals surface area contributed by atoms with Crippen molar-refractivity contribution in [3.05, 3.63) is 36.0 Å². The highest BCUT2D eigenvalue weighted by Gasteiger charge is 2.41. The van der Waals surface area contributed by atoms with E-state index in [-0.39, 0.29) is 29.5 Å². The Balaban J connectivity index is 1.17. The molecule has 0 unspecified atom stereocenters. The summed E-state index contributed by atoms with van der Waals surface area (Å²) in [5.41, 5.74) is 0.710. The van der Waals surface area contributed by atoms with E-state index < -0.39 is 0 Å². The van der Waals surface area contributed by atoms with Crippen LogP contribution in [0.15, 0.2) is 28.8 Å². The molecule has 2 amide bonds. The second-order valence-electron chi connectivity index (χ2n) is 8.95. The number of nitrogens with zero attached hydrogens (tertiary/aromatic N) is 4. The summed E-state index contributed by atoms with van der Waals surface area (Å²) in [7, 11) is 0. The molecule has 31 heavy (non-hydrogen) atoms. The van der Waals surface area contributed by atoms with Gasteiger partial charge < -0.3 is 14.3 Å². The largest absolute Gasteiger partial charge is 0.342 e. The zero-order valence-corrected chi connectivity index (χ0v) is 17.5. The Morgan fingerprint density at radius 3 is 2.48 bits per heavy atom. The second-order valence-corrected chi connectivity index (χ2v) is 8.95. The third kappa shape index (κ3) is 4.07. The highest BCUT2D eigenvalue weighted by atomic mass is 19.1. The van der Waals surface area contributed by atoms with Gasteiger partial charge in [-0.3, -0.25) is 9.59 Å². The lowest BCUT2D eigenvalue weighted by Crippen LogP contribution is -2.42. The SMILES string of the molecule is O=C([C@H]1CC(=O)N(C2CCCC2)C1)N1CCC(c2nc(-c3ccc(F)cc3)no2)CC1. The Bertz CT molecular complexity index is 946. The zero-order chi connectivity index (χ0) is 21.4. The molecule has 1 aliphatic carbocycles. The van der Waals surface area contributed by atoms with E-state index in [2.05, 4.69) is 10.1 Å². The fourth-order valence-corrected chi connectivity index (χ4v) is 5.19.